The van der Waals surface area contributed by atoms with Crippen LogP contribution in [0.1, 0.15) is 21.3 Å². The fourth-order valence-corrected chi connectivity index (χ4v) is 1.97. The Morgan fingerprint density at radius 2 is 1.76 bits per heavy atom. The molecule has 0 spiro atoms. The number of phenols is 1. The Hall–Kier alpha value is -2.53. The van der Waals surface area contributed by atoms with E-state index < -0.39 is 23.0 Å². The minimum atomic E-state index is -1.25. The molecule has 5 nitrogen and oxygen atoms in total. The number of benzene rings is 2. The molecule has 3 N–H and O–H groups in total. The molecule has 21 heavy (non-hydrogen) atoms. The Morgan fingerprint density at radius 1 is 1.10 bits per heavy atom. The molecule has 0 heterocycles. The first-order chi connectivity index (χ1) is 9.99. The third-order valence-corrected chi connectivity index (χ3v) is 3.27. The average Bonchev–Trinajstić information content (AvgIpc) is 2.47. The molecular weight excluding hydrogens is 294 g/mol. The number of amides is 1. The van der Waals surface area contributed by atoms with Gasteiger partial charge in [-0.05, 0) is 17.7 Å². The normalized spacial score (nSPS) is 11.7. The predicted octanol–water partition coefficient (Wildman–Crippen LogP) is 3.01. The lowest BCUT2D eigenvalue weighted by Gasteiger charge is -2.11. The molecule has 0 unspecified atom stereocenters. The Bertz CT molecular complexity index is 673. The summed E-state index contributed by atoms with van der Waals surface area (Å²) in [6, 6.07) is 12.6. The molecule has 1 atom stereocenters. The first kappa shape index (κ1) is 14.9. The number of hydrogen-bond donors (Lipinski definition) is 3. The number of carboxylic acid groups (broad SMARTS) is 1. The number of aromatic carboxylic acids is 1. The van der Waals surface area contributed by atoms with Gasteiger partial charge in [0.1, 0.15) is 16.7 Å². The second-order valence-electron chi connectivity index (χ2n) is 4.30. The van der Waals surface area contributed by atoms with E-state index in [2.05, 4.69) is 5.32 Å². The van der Waals surface area contributed by atoms with E-state index in [-0.39, 0.29) is 11.3 Å². The molecule has 0 saturated carbocycles. The molecule has 1 amide bonds. The van der Waals surface area contributed by atoms with Gasteiger partial charge in [0.15, 0.2) is 0 Å². The summed E-state index contributed by atoms with van der Waals surface area (Å²) in [5, 5.41) is 20.0. The number of hydrogen-bond acceptors (Lipinski definition) is 3. The number of rotatable bonds is 4. The van der Waals surface area contributed by atoms with Gasteiger partial charge in [-0.15, -0.1) is 11.6 Å². The van der Waals surface area contributed by atoms with Crippen LogP contribution in [0.2, 0.25) is 0 Å². The van der Waals surface area contributed by atoms with Crippen LogP contribution in [0.5, 0.6) is 5.75 Å². The third-order valence-electron chi connectivity index (χ3n) is 2.82. The molecule has 2 aromatic rings. The summed E-state index contributed by atoms with van der Waals surface area (Å²) in [6.07, 6.45) is 0. The van der Waals surface area contributed by atoms with Crippen molar-refractivity contribution in [2.75, 3.05) is 5.32 Å². The van der Waals surface area contributed by atoms with Gasteiger partial charge in [0.2, 0.25) is 5.91 Å². The number of nitrogens with one attached hydrogen (secondary N) is 1. The summed E-state index contributed by atoms with van der Waals surface area (Å²) in [7, 11) is 0. The fraction of sp³-hybridized carbons (Fsp3) is 0.0667. The zero-order chi connectivity index (χ0) is 15.4. The second-order valence-corrected chi connectivity index (χ2v) is 4.74. The van der Waals surface area contributed by atoms with E-state index in [9.17, 15) is 14.7 Å². The van der Waals surface area contributed by atoms with Crippen LogP contribution in [0, 0.1) is 0 Å². The Balaban J connectivity index is 2.13. The number of anilines is 1. The molecule has 0 aliphatic rings. The number of carbonyl (C=O) groups excluding carboxylic acids is 1. The molecule has 0 aromatic heterocycles. The maximum Gasteiger partial charge on any atom is 0.339 e. The molecular formula is C15H12ClNO4. The van der Waals surface area contributed by atoms with Gasteiger partial charge < -0.3 is 15.5 Å². The van der Waals surface area contributed by atoms with Gasteiger partial charge in [-0.3, -0.25) is 4.79 Å². The minimum Gasteiger partial charge on any atom is -0.507 e. The van der Waals surface area contributed by atoms with Crippen molar-refractivity contribution >= 4 is 29.2 Å². The van der Waals surface area contributed by atoms with Crippen LogP contribution in [-0.4, -0.2) is 22.1 Å². The van der Waals surface area contributed by atoms with E-state index in [1.54, 1.807) is 24.3 Å². The van der Waals surface area contributed by atoms with E-state index in [0.717, 1.165) is 6.07 Å². The van der Waals surface area contributed by atoms with Crippen molar-refractivity contribution < 1.29 is 19.8 Å². The van der Waals surface area contributed by atoms with Crippen molar-refractivity contribution in [2.45, 2.75) is 5.38 Å². The van der Waals surface area contributed by atoms with Gasteiger partial charge in [-0.25, -0.2) is 4.79 Å². The van der Waals surface area contributed by atoms with Gasteiger partial charge in [-0.2, -0.15) is 0 Å². The molecule has 0 fully saturated rings. The van der Waals surface area contributed by atoms with Gasteiger partial charge >= 0.3 is 5.97 Å². The second kappa shape index (κ2) is 6.28. The lowest BCUT2D eigenvalue weighted by atomic mass is 10.1. The quantitative estimate of drug-likeness (QED) is 0.758. The zero-order valence-corrected chi connectivity index (χ0v) is 11.5. The highest BCUT2D eigenvalue weighted by Gasteiger charge is 2.18. The van der Waals surface area contributed by atoms with Crippen LogP contribution < -0.4 is 5.32 Å². The molecule has 0 bridgehead atoms. The first-order valence-corrected chi connectivity index (χ1v) is 6.49. The van der Waals surface area contributed by atoms with Crippen molar-refractivity contribution in [3.05, 3.63) is 59.7 Å². The summed E-state index contributed by atoms with van der Waals surface area (Å²) in [6.45, 7) is 0. The lowest BCUT2D eigenvalue weighted by Crippen LogP contribution is -2.17. The Labute approximate surface area is 125 Å². The summed E-state index contributed by atoms with van der Waals surface area (Å²) in [5.74, 6) is -2.14. The summed E-state index contributed by atoms with van der Waals surface area (Å²) < 4.78 is 0. The highest BCUT2D eigenvalue weighted by Crippen LogP contribution is 2.25. The Morgan fingerprint density at radius 3 is 2.33 bits per heavy atom. The highest BCUT2D eigenvalue weighted by atomic mass is 35.5. The predicted molar refractivity (Wildman–Crippen MR) is 78.7 cm³/mol. The highest BCUT2D eigenvalue weighted by molar-refractivity contribution is 6.32. The summed E-state index contributed by atoms with van der Waals surface area (Å²) in [5.41, 5.74) is 0.672. The van der Waals surface area contributed by atoms with Crippen molar-refractivity contribution in [3.8, 4) is 5.75 Å². The number of carboxylic acids is 1. The van der Waals surface area contributed by atoms with Gasteiger partial charge in [0.05, 0.1) is 0 Å². The maximum atomic E-state index is 12.0. The Kier molecular flexibility index (Phi) is 4.45. The van der Waals surface area contributed by atoms with Gasteiger partial charge in [0.25, 0.3) is 0 Å². The number of aromatic hydroxyl groups is 1. The molecule has 2 aromatic carbocycles. The van der Waals surface area contributed by atoms with Crippen molar-refractivity contribution in [1.29, 1.82) is 0 Å². The monoisotopic (exact) mass is 305 g/mol. The van der Waals surface area contributed by atoms with Gasteiger partial charge in [0, 0.05) is 11.8 Å². The molecule has 0 radical (unpaired) electrons. The largest absolute Gasteiger partial charge is 0.507 e. The molecule has 6 heteroatoms. The third kappa shape index (κ3) is 3.52. The fourth-order valence-electron chi connectivity index (χ4n) is 1.77. The van der Waals surface area contributed by atoms with Crippen LogP contribution in [0.4, 0.5) is 5.69 Å². The van der Waals surface area contributed by atoms with Crippen LogP contribution in [0.3, 0.4) is 0 Å². The van der Waals surface area contributed by atoms with E-state index in [4.69, 9.17) is 16.7 Å². The smallest absolute Gasteiger partial charge is 0.339 e. The topological polar surface area (TPSA) is 86.6 Å². The van der Waals surface area contributed by atoms with Crippen LogP contribution in [0.15, 0.2) is 48.5 Å². The summed E-state index contributed by atoms with van der Waals surface area (Å²) >= 11 is 6.06. The SMILES string of the molecule is O=C(O)c1ccc(NC(=O)[C@@H](Cl)c2ccccc2)cc1O. The van der Waals surface area contributed by atoms with Crippen LogP contribution in [0.25, 0.3) is 0 Å². The average molecular weight is 306 g/mol. The van der Waals surface area contributed by atoms with E-state index in [1.807, 2.05) is 6.07 Å². The summed E-state index contributed by atoms with van der Waals surface area (Å²) in [4.78, 5) is 22.8. The van der Waals surface area contributed by atoms with Crippen molar-refractivity contribution in [1.82, 2.24) is 0 Å². The van der Waals surface area contributed by atoms with Crippen molar-refractivity contribution in [2.24, 2.45) is 0 Å². The maximum absolute atomic E-state index is 12.0. The van der Waals surface area contributed by atoms with Crippen molar-refractivity contribution in [3.63, 3.8) is 0 Å². The first-order valence-electron chi connectivity index (χ1n) is 6.05. The number of carbonyl (C=O) groups is 2. The van der Waals surface area contributed by atoms with Crippen LogP contribution in [-0.2, 0) is 4.79 Å². The van der Waals surface area contributed by atoms with Gasteiger partial charge in [-0.1, -0.05) is 30.3 Å². The molecule has 0 aliphatic heterocycles. The lowest BCUT2D eigenvalue weighted by molar-refractivity contribution is -0.116. The number of alkyl halides is 1. The van der Waals surface area contributed by atoms with E-state index in [1.165, 1.54) is 12.1 Å². The van der Waals surface area contributed by atoms with E-state index >= 15 is 0 Å². The standard InChI is InChI=1S/C15H12ClNO4/c16-13(9-4-2-1-3-5-9)14(19)17-10-6-7-11(15(20)21)12(18)8-10/h1-8,13,18H,(H,17,19)(H,20,21)/t13-/m0/s1. The molecule has 2 rings (SSSR count). The number of halogens is 1. The van der Waals surface area contributed by atoms with Crippen LogP contribution >= 0.6 is 11.6 Å². The zero-order valence-electron chi connectivity index (χ0n) is 10.8. The molecule has 0 aliphatic carbocycles. The van der Waals surface area contributed by atoms with E-state index in [0.29, 0.717) is 5.56 Å². The molecule has 108 valence electrons. The molecule has 0 saturated heterocycles. The minimum absolute atomic E-state index is 0.238.